The van der Waals surface area contributed by atoms with Gasteiger partial charge in [0.1, 0.15) is 5.75 Å². The molecule has 3 nitrogen and oxygen atoms in total. The van der Waals surface area contributed by atoms with Crippen LogP contribution in [0.15, 0.2) is 12.1 Å². The largest absolute Gasteiger partial charge is 0.493 e. The fraction of sp³-hybridized carbons (Fsp3) is 0.400. The Bertz CT molecular complexity index is 336. The van der Waals surface area contributed by atoms with Gasteiger partial charge in [-0.25, -0.2) is 0 Å². The second-order valence-corrected chi connectivity index (χ2v) is 3.46. The topological polar surface area (TPSA) is 61.3 Å². The molecule has 13 heavy (non-hydrogen) atoms. The van der Waals surface area contributed by atoms with Crippen molar-refractivity contribution in [1.82, 2.24) is 0 Å². The van der Waals surface area contributed by atoms with Crippen LogP contribution in [0.5, 0.6) is 5.75 Å². The highest BCUT2D eigenvalue weighted by Gasteiger charge is 2.21. The highest BCUT2D eigenvalue weighted by molar-refractivity contribution is 5.59. The van der Waals surface area contributed by atoms with Gasteiger partial charge in [-0.15, -0.1) is 0 Å². The molecule has 2 rings (SSSR count). The molecule has 0 saturated heterocycles. The minimum Gasteiger partial charge on any atom is -0.493 e. The molecule has 1 aromatic carbocycles. The molecule has 1 aliphatic heterocycles. The van der Waals surface area contributed by atoms with Crippen molar-refractivity contribution in [3.63, 3.8) is 0 Å². The van der Waals surface area contributed by atoms with E-state index in [2.05, 4.69) is 0 Å². The van der Waals surface area contributed by atoms with Gasteiger partial charge in [0.15, 0.2) is 0 Å². The first-order valence-corrected chi connectivity index (χ1v) is 4.47. The second-order valence-electron chi connectivity index (χ2n) is 3.46. The lowest BCUT2D eigenvalue weighted by Crippen LogP contribution is -2.22. The predicted molar refractivity (Wildman–Crippen MR) is 52.6 cm³/mol. The maximum absolute atomic E-state index is 5.96. The zero-order chi connectivity index (χ0) is 9.42. The van der Waals surface area contributed by atoms with Crippen molar-refractivity contribution in [1.29, 1.82) is 0 Å². The Morgan fingerprint density at radius 2 is 2.23 bits per heavy atom. The molecule has 1 aromatic rings. The lowest BCUT2D eigenvalue weighted by molar-refractivity contribution is 0.268. The van der Waals surface area contributed by atoms with E-state index in [-0.39, 0.29) is 6.04 Å². The summed E-state index contributed by atoms with van der Waals surface area (Å²) in [5.74, 6) is 0.888. The molecular formula is C10H14N2O. The number of hydrogen-bond acceptors (Lipinski definition) is 3. The van der Waals surface area contributed by atoms with Crippen LogP contribution in [-0.2, 0) is 0 Å². The Hall–Kier alpha value is -1.22. The standard InChI is InChI=1S/C10H14N2O/c1-6-2-3-7(11)9-8(12)4-5-13-10(6)9/h2-3,8H,4-5,11-12H2,1H3/t8-/m1/s1. The van der Waals surface area contributed by atoms with Gasteiger partial charge in [0.25, 0.3) is 0 Å². The van der Waals surface area contributed by atoms with Gasteiger partial charge < -0.3 is 16.2 Å². The van der Waals surface area contributed by atoms with Crippen molar-refractivity contribution in [2.45, 2.75) is 19.4 Å². The molecule has 3 heteroatoms. The molecule has 70 valence electrons. The summed E-state index contributed by atoms with van der Waals surface area (Å²) in [6.07, 6.45) is 0.848. The van der Waals surface area contributed by atoms with Gasteiger partial charge in [-0.3, -0.25) is 0 Å². The smallest absolute Gasteiger partial charge is 0.129 e. The molecule has 1 atom stereocenters. The zero-order valence-electron chi connectivity index (χ0n) is 7.71. The predicted octanol–water partition coefficient (Wildman–Crippen LogP) is 1.36. The fourth-order valence-corrected chi connectivity index (χ4v) is 1.73. The number of benzene rings is 1. The number of nitrogens with two attached hydrogens (primary N) is 2. The van der Waals surface area contributed by atoms with E-state index in [1.807, 2.05) is 19.1 Å². The average molecular weight is 178 g/mol. The summed E-state index contributed by atoms with van der Waals surface area (Å²) >= 11 is 0. The van der Waals surface area contributed by atoms with Crippen LogP contribution in [0.25, 0.3) is 0 Å². The summed E-state index contributed by atoms with van der Waals surface area (Å²) in [6.45, 7) is 2.70. The first-order valence-electron chi connectivity index (χ1n) is 4.47. The van der Waals surface area contributed by atoms with Crippen molar-refractivity contribution in [3.8, 4) is 5.75 Å². The normalized spacial score (nSPS) is 20.6. The monoisotopic (exact) mass is 178 g/mol. The Morgan fingerprint density at radius 1 is 1.46 bits per heavy atom. The third-order valence-electron chi connectivity index (χ3n) is 2.47. The number of nitrogen functional groups attached to an aromatic ring is 1. The summed E-state index contributed by atoms with van der Waals surface area (Å²) in [7, 11) is 0. The van der Waals surface area contributed by atoms with Crippen LogP contribution in [-0.4, -0.2) is 6.61 Å². The molecule has 0 radical (unpaired) electrons. The second kappa shape index (κ2) is 2.92. The van der Waals surface area contributed by atoms with Crippen molar-refractivity contribution in [2.24, 2.45) is 5.73 Å². The highest BCUT2D eigenvalue weighted by atomic mass is 16.5. The Labute approximate surface area is 77.7 Å². The molecule has 0 aromatic heterocycles. The van der Waals surface area contributed by atoms with Crippen LogP contribution in [0, 0.1) is 6.92 Å². The minimum absolute atomic E-state index is 0.0312. The molecule has 1 aliphatic rings. The lowest BCUT2D eigenvalue weighted by Gasteiger charge is -2.25. The van der Waals surface area contributed by atoms with Crippen molar-refractivity contribution < 1.29 is 4.74 Å². The van der Waals surface area contributed by atoms with Gasteiger partial charge in [-0.05, 0) is 18.6 Å². The molecule has 4 N–H and O–H groups in total. The first-order chi connectivity index (χ1) is 6.20. The summed E-state index contributed by atoms with van der Waals surface area (Å²) in [5, 5.41) is 0. The van der Waals surface area contributed by atoms with Gasteiger partial charge in [0.05, 0.1) is 6.61 Å². The third kappa shape index (κ3) is 1.25. The first kappa shape index (κ1) is 8.38. The van der Waals surface area contributed by atoms with E-state index < -0.39 is 0 Å². The van der Waals surface area contributed by atoms with E-state index in [0.29, 0.717) is 6.61 Å². The molecule has 0 spiro atoms. The molecule has 0 aliphatic carbocycles. The Morgan fingerprint density at radius 3 is 2.92 bits per heavy atom. The maximum Gasteiger partial charge on any atom is 0.129 e. The van der Waals surface area contributed by atoms with Gasteiger partial charge in [-0.2, -0.15) is 0 Å². The number of ether oxygens (including phenoxy) is 1. The fourth-order valence-electron chi connectivity index (χ4n) is 1.73. The summed E-state index contributed by atoms with van der Waals surface area (Å²) in [6, 6.07) is 3.89. The van der Waals surface area contributed by atoms with Crippen LogP contribution in [0.2, 0.25) is 0 Å². The SMILES string of the molecule is Cc1ccc(N)c2c1OCC[C@H]2N. The van der Waals surface area contributed by atoms with E-state index in [1.54, 1.807) is 0 Å². The van der Waals surface area contributed by atoms with Crippen LogP contribution in [0.1, 0.15) is 23.6 Å². The quantitative estimate of drug-likeness (QED) is 0.590. The summed E-state index contributed by atoms with van der Waals surface area (Å²) in [5.41, 5.74) is 14.6. The Kier molecular flexibility index (Phi) is 1.88. The van der Waals surface area contributed by atoms with E-state index in [0.717, 1.165) is 29.0 Å². The third-order valence-corrected chi connectivity index (χ3v) is 2.47. The van der Waals surface area contributed by atoms with Crippen molar-refractivity contribution in [2.75, 3.05) is 12.3 Å². The van der Waals surface area contributed by atoms with Gasteiger partial charge in [0, 0.05) is 23.7 Å². The summed E-state index contributed by atoms with van der Waals surface area (Å²) < 4.78 is 5.55. The molecule has 0 bridgehead atoms. The molecular weight excluding hydrogens is 164 g/mol. The number of aryl methyl sites for hydroxylation is 1. The number of fused-ring (bicyclic) bond motifs is 1. The van der Waals surface area contributed by atoms with E-state index >= 15 is 0 Å². The van der Waals surface area contributed by atoms with Crippen LogP contribution >= 0.6 is 0 Å². The summed E-state index contributed by atoms with van der Waals surface area (Å²) in [4.78, 5) is 0. The molecule has 0 saturated carbocycles. The van der Waals surface area contributed by atoms with Crippen LogP contribution < -0.4 is 16.2 Å². The molecule has 0 fully saturated rings. The number of hydrogen-bond donors (Lipinski definition) is 2. The van der Waals surface area contributed by atoms with E-state index in [1.165, 1.54) is 0 Å². The van der Waals surface area contributed by atoms with Crippen LogP contribution in [0.3, 0.4) is 0 Å². The maximum atomic E-state index is 5.96. The molecule has 1 heterocycles. The van der Waals surface area contributed by atoms with E-state index in [9.17, 15) is 0 Å². The van der Waals surface area contributed by atoms with Gasteiger partial charge in [-0.1, -0.05) is 6.07 Å². The lowest BCUT2D eigenvalue weighted by atomic mass is 9.97. The average Bonchev–Trinajstić information content (AvgIpc) is 2.12. The highest BCUT2D eigenvalue weighted by Crippen LogP contribution is 2.37. The molecule has 0 amide bonds. The van der Waals surface area contributed by atoms with Gasteiger partial charge in [0.2, 0.25) is 0 Å². The minimum atomic E-state index is 0.0312. The van der Waals surface area contributed by atoms with Gasteiger partial charge >= 0.3 is 0 Å². The molecule has 0 unspecified atom stereocenters. The van der Waals surface area contributed by atoms with Crippen molar-refractivity contribution in [3.05, 3.63) is 23.3 Å². The Balaban J connectivity index is 2.60. The number of anilines is 1. The zero-order valence-corrected chi connectivity index (χ0v) is 7.71. The number of rotatable bonds is 0. The van der Waals surface area contributed by atoms with E-state index in [4.69, 9.17) is 16.2 Å². The van der Waals surface area contributed by atoms with Crippen LogP contribution in [0.4, 0.5) is 5.69 Å². The van der Waals surface area contributed by atoms with Crippen molar-refractivity contribution >= 4 is 5.69 Å².